The highest BCUT2D eigenvalue weighted by Gasteiger charge is 2.04. The third-order valence-corrected chi connectivity index (χ3v) is 4.00. The SMILES string of the molecule is Clc1cccc2ccn(CCCCc3ccccc3)c12. The molecule has 0 aliphatic heterocycles. The monoisotopic (exact) mass is 283 g/mol. The van der Waals surface area contributed by atoms with Crippen molar-refractivity contribution in [2.45, 2.75) is 25.8 Å². The van der Waals surface area contributed by atoms with E-state index in [0.717, 1.165) is 23.5 Å². The van der Waals surface area contributed by atoms with Gasteiger partial charge in [-0.1, -0.05) is 54.1 Å². The molecule has 0 unspecified atom stereocenters. The highest BCUT2D eigenvalue weighted by Crippen LogP contribution is 2.24. The van der Waals surface area contributed by atoms with Crippen LogP contribution in [0.3, 0.4) is 0 Å². The highest BCUT2D eigenvalue weighted by molar-refractivity contribution is 6.35. The lowest BCUT2D eigenvalue weighted by atomic mass is 10.1. The fourth-order valence-electron chi connectivity index (χ4n) is 2.66. The van der Waals surface area contributed by atoms with E-state index in [9.17, 15) is 0 Å². The Balaban J connectivity index is 1.60. The summed E-state index contributed by atoms with van der Waals surface area (Å²) in [5.41, 5.74) is 2.58. The van der Waals surface area contributed by atoms with Gasteiger partial charge in [0.25, 0.3) is 0 Å². The van der Waals surface area contributed by atoms with E-state index in [0.29, 0.717) is 0 Å². The van der Waals surface area contributed by atoms with E-state index in [1.54, 1.807) is 0 Å². The van der Waals surface area contributed by atoms with Crippen LogP contribution in [-0.2, 0) is 13.0 Å². The first-order chi connectivity index (χ1) is 9.84. The second-order valence-electron chi connectivity index (χ2n) is 5.13. The van der Waals surface area contributed by atoms with E-state index < -0.39 is 0 Å². The Morgan fingerprint density at radius 1 is 0.850 bits per heavy atom. The Labute approximate surface area is 124 Å². The molecule has 0 atom stereocenters. The zero-order chi connectivity index (χ0) is 13.8. The molecule has 0 amide bonds. The van der Waals surface area contributed by atoms with Gasteiger partial charge in [0.15, 0.2) is 0 Å². The first-order valence-electron chi connectivity index (χ1n) is 7.12. The molecule has 3 aromatic rings. The van der Waals surface area contributed by atoms with Crippen LogP contribution < -0.4 is 0 Å². The van der Waals surface area contributed by atoms with Crippen molar-refractivity contribution in [3.8, 4) is 0 Å². The van der Waals surface area contributed by atoms with Gasteiger partial charge in [0.1, 0.15) is 0 Å². The molecule has 0 aliphatic rings. The minimum Gasteiger partial charge on any atom is -0.346 e. The van der Waals surface area contributed by atoms with Gasteiger partial charge in [-0.15, -0.1) is 0 Å². The predicted octanol–water partition coefficient (Wildman–Crippen LogP) is 5.32. The Kier molecular flexibility index (Phi) is 4.08. The normalized spacial score (nSPS) is 11.1. The number of nitrogens with zero attached hydrogens (tertiary/aromatic N) is 1. The molecule has 20 heavy (non-hydrogen) atoms. The maximum absolute atomic E-state index is 6.29. The fraction of sp³-hybridized carbons (Fsp3) is 0.222. The van der Waals surface area contributed by atoms with Crippen LogP contribution in [0, 0.1) is 0 Å². The number of fused-ring (bicyclic) bond motifs is 1. The largest absolute Gasteiger partial charge is 0.346 e. The molecule has 1 aromatic heterocycles. The number of para-hydroxylation sites is 1. The molecule has 1 nitrogen and oxygen atoms in total. The molecule has 2 heteroatoms. The number of halogens is 1. The molecule has 0 spiro atoms. The number of aromatic nitrogens is 1. The van der Waals surface area contributed by atoms with Crippen LogP contribution in [0.5, 0.6) is 0 Å². The molecule has 2 aromatic carbocycles. The smallest absolute Gasteiger partial charge is 0.0669 e. The topological polar surface area (TPSA) is 4.93 Å². The van der Waals surface area contributed by atoms with Gasteiger partial charge in [-0.25, -0.2) is 0 Å². The molecule has 0 saturated heterocycles. The molecule has 1 heterocycles. The van der Waals surface area contributed by atoms with Gasteiger partial charge in [0.2, 0.25) is 0 Å². The Bertz CT molecular complexity index is 685. The zero-order valence-electron chi connectivity index (χ0n) is 11.4. The zero-order valence-corrected chi connectivity index (χ0v) is 12.2. The summed E-state index contributed by atoms with van der Waals surface area (Å²) in [5, 5.41) is 2.07. The minimum absolute atomic E-state index is 0.843. The standard InChI is InChI=1S/C18H18ClN/c19-17-11-6-10-16-12-14-20(18(16)17)13-5-4-9-15-7-2-1-3-8-15/h1-3,6-8,10-12,14H,4-5,9,13H2. The van der Waals surface area contributed by atoms with Gasteiger partial charge >= 0.3 is 0 Å². The van der Waals surface area contributed by atoms with Gasteiger partial charge in [-0.05, 0) is 37.0 Å². The number of hydrogen-bond donors (Lipinski definition) is 0. The lowest BCUT2D eigenvalue weighted by Gasteiger charge is -2.07. The van der Waals surface area contributed by atoms with Crippen LogP contribution in [-0.4, -0.2) is 4.57 Å². The molecule has 0 fully saturated rings. The lowest BCUT2D eigenvalue weighted by Crippen LogP contribution is -1.97. The van der Waals surface area contributed by atoms with Gasteiger partial charge in [0.05, 0.1) is 10.5 Å². The average Bonchev–Trinajstić information content (AvgIpc) is 2.89. The summed E-state index contributed by atoms with van der Waals surface area (Å²) >= 11 is 6.29. The van der Waals surface area contributed by atoms with Crippen LogP contribution in [0.1, 0.15) is 18.4 Å². The minimum atomic E-state index is 0.843. The molecular formula is C18H18ClN. The average molecular weight is 284 g/mol. The second-order valence-corrected chi connectivity index (χ2v) is 5.54. The van der Waals surface area contributed by atoms with Crippen LogP contribution in [0.2, 0.25) is 5.02 Å². The number of unbranched alkanes of at least 4 members (excludes halogenated alkanes) is 1. The molecule has 0 saturated carbocycles. The van der Waals surface area contributed by atoms with Crippen molar-refractivity contribution in [1.82, 2.24) is 4.57 Å². The Morgan fingerprint density at radius 3 is 2.55 bits per heavy atom. The van der Waals surface area contributed by atoms with E-state index in [4.69, 9.17) is 11.6 Å². The molecule has 102 valence electrons. The third kappa shape index (κ3) is 2.88. The van der Waals surface area contributed by atoms with E-state index in [2.05, 4.69) is 53.2 Å². The first kappa shape index (κ1) is 13.3. The number of rotatable bonds is 5. The summed E-state index contributed by atoms with van der Waals surface area (Å²) in [6, 6.07) is 18.9. The first-order valence-corrected chi connectivity index (χ1v) is 7.50. The van der Waals surface area contributed by atoms with E-state index in [-0.39, 0.29) is 0 Å². The molecule has 0 aliphatic carbocycles. The molecule has 0 bridgehead atoms. The second kappa shape index (κ2) is 6.15. The Morgan fingerprint density at radius 2 is 1.70 bits per heavy atom. The summed E-state index contributed by atoms with van der Waals surface area (Å²) in [7, 11) is 0. The summed E-state index contributed by atoms with van der Waals surface area (Å²) in [6.07, 6.45) is 5.66. The van der Waals surface area contributed by atoms with E-state index in [1.165, 1.54) is 23.8 Å². The lowest BCUT2D eigenvalue weighted by molar-refractivity contribution is 0.624. The van der Waals surface area contributed by atoms with Crippen LogP contribution >= 0.6 is 11.6 Å². The maximum atomic E-state index is 6.29. The van der Waals surface area contributed by atoms with Crippen molar-refractivity contribution in [2.24, 2.45) is 0 Å². The van der Waals surface area contributed by atoms with E-state index >= 15 is 0 Å². The summed E-state index contributed by atoms with van der Waals surface area (Å²) in [6.45, 7) is 1.03. The van der Waals surface area contributed by atoms with E-state index in [1.807, 2.05) is 12.1 Å². The summed E-state index contributed by atoms with van der Waals surface area (Å²) < 4.78 is 2.27. The van der Waals surface area contributed by atoms with Crippen molar-refractivity contribution in [1.29, 1.82) is 0 Å². The highest BCUT2D eigenvalue weighted by atomic mass is 35.5. The maximum Gasteiger partial charge on any atom is 0.0669 e. The van der Waals surface area contributed by atoms with Gasteiger partial charge in [-0.3, -0.25) is 0 Å². The Hall–Kier alpha value is -1.73. The molecule has 0 N–H and O–H groups in total. The molecular weight excluding hydrogens is 266 g/mol. The predicted molar refractivity (Wildman–Crippen MR) is 86.3 cm³/mol. The number of hydrogen-bond acceptors (Lipinski definition) is 0. The number of benzene rings is 2. The van der Waals surface area contributed by atoms with Crippen LogP contribution in [0.15, 0.2) is 60.8 Å². The van der Waals surface area contributed by atoms with Crippen molar-refractivity contribution in [2.75, 3.05) is 0 Å². The third-order valence-electron chi connectivity index (χ3n) is 3.70. The quantitative estimate of drug-likeness (QED) is 0.559. The van der Waals surface area contributed by atoms with Crippen molar-refractivity contribution in [3.05, 3.63) is 71.4 Å². The van der Waals surface area contributed by atoms with Gasteiger partial charge in [0, 0.05) is 18.1 Å². The van der Waals surface area contributed by atoms with Crippen LogP contribution in [0.4, 0.5) is 0 Å². The summed E-state index contributed by atoms with van der Waals surface area (Å²) in [4.78, 5) is 0. The molecule has 0 radical (unpaired) electrons. The van der Waals surface area contributed by atoms with Crippen LogP contribution in [0.25, 0.3) is 10.9 Å². The molecule has 3 rings (SSSR count). The van der Waals surface area contributed by atoms with Gasteiger partial charge in [-0.2, -0.15) is 0 Å². The van der Waals surface area contributed by atoms with Gasteiger partial charge < -0.3 is 4.57 Å². The van der Waals surface area contributed by atoms with Crippen molar-refractivity contribution >= 4 is 22.5 Å². The fourth-order valence-corrected chi connectivity index (χ4v) is 2.95. The van der Waals surface area contributed by atoms with Crippen molar-refractivity contribution in [3.63, 3.8) is 0 Å². The number of aryl methyl sites for hydroxylation is 2. The summed E-state index contributed by atoms with van der Waals surface area (Å²) in [5.74, 6) is 0. The van der Waals surface area contributed by atoms with Crippen molar-refractivity contribution < 1.29 is 0 Å².